The first-order valence-electron chi connectivity index (χ1n) is 9.72. The molecule has 1 heterocycles. The maximum absolute atomic E-state index is 12.5. The largest absolute Gasteiger partial charge is 0.457 e. The third-order valence-electron chi connectivity index (χ3n) is 4.34. The molecule has 0 atom stereocenters. The van der Waals surface area contributed by atoms with E-state index in [0.29, 0.717) is 17.1 Å². The summed E-state index contributed by atoms with van der Waals surface area (Å²) in [4.78, 5) is 28.7. The number of benzene rings is 2. The number of anilines is 2. The Morgan fingerprint density at radius 1 is 0.800 bits per heavy atom. The van der Waals surface area contributed by atoms with Crippen LogP contribution in [0, 0.1) is 5.41 Å². The molecule has 0 spiro atoms. The first kappa shape index (κ1) is 21.0. The number of hydrogen-bond acceptors (Lipinski definition) is 4. The molecule has 6 heteroatoms. The molecule has 154 valence electrons. The van der Waals surface area contributed by atoms with E-state index in [4.69, 9.17) is 4.74 Å². The molecule has 0 aliphatic rings. The number of carbonyl (C=O) groups is 2. The number of pyridine rings is 1. The maximum atomic E-state index is 12.5. The van der Waals surface area contributed by atoms with Gasteiger partial charge >= 0.3 is 0 Å². The van der Waals surface area contributed by atoms with Gasteiger partial charge in [0.1, 0.15) is 11.5 Å². The summed E-state index contributed by atoms with van der Waals surface area (Å²) in [5.41, 5.74) is 0.823. The SMILES string of the molecule is CC(C)(CC(=O)Nc1ccc(Oc2ccccc2)cc1)CC(=O)Nc1cccnc1. The van der Waals surface area contributed by atoms with Crippen molar-refractivity contribution in [1.82, 2.24) is 4.98 Å². The zero-order valence-electron chi connectivity index (χ0n) is 17.1. The van der Waals surface area contributed by atoms with E-state index in [1.807, 2.05) is 44.2 Å². The van der Waals surface area contributed by atoms with E-state index in [0.717, 1.165) is 5.75 Å². The van der Waals surface area contributed by atoms with Gasteiger partial charge < -0.3 is 15.4 Å². The second kappa shape index (κ2) is 9.69. The molecular formula is C24H25N3O3. The highest BCUT2D eigenvalue weighted by molar-refractivity contribution is 5.93. The molecule has 0 unspecified atom stereocenters. The van der Waals surface area contributed by atoms with Gasteiger partial charge in [0.05, 0.1) is 11.9 Å². The van der Waals surface area contributed by atoms with Gasteiger partial charge in [-0.15, -0.1) is 0 Å². The van der Waals surface area contributed by atoms with E-state index in [1.54, 1.807) is 48.8 Å². The molecule has 2 amide bonds. The van der Waals surface area contributed by atoms with Crippen LogP contribution < -0.4 is 15.4 Å². The van der Waals surface area contributed by atoms with E-state index in [2.05, 4.69) is 15.6 Å². The Morgan fingerprint density at radius 3 is 2.00 bits per heavy atom. The van der Waals surface area contributed by atoms with Crippen LogP contribution in [0.5, 0.6) is 11.5 Å². The molecular weight excluding hydrogens is 378 g/mol. The smallest absolute Gasteiger partial charge is 0.224 e. The van der Waals surface area contributed by atoms with Crippen LogP contribution in [-0.2, 0) is 9.59 Å². The van der Waals surface area contributed by atoms with Gasteiger partial charge in [-0.2, -0.15) is 0 Å². The molecule has 2 N–H and O–H groups in total. The lowest BCUT2D eigenvalue weighted by atomic mass is 9.85. The lowest BCUT2D eigenvalue weighted by molar-refractivity contribution is -0.120. The fraction of sp³-hybridized carbons (Fsp3) is 0.208. The highest BCUT2D eigenvalue weighted by Crippen LogP contribution is 2.27. The number of rotatable bonds is 8. The van der Waals surface area contributed by atoms with Crippen LogP contribution in [0.2, 0.25) is 0 Å². The topological polar surface area (TPSA) is 80.3 Å². The second-order valence-electron chi connectivity index (χ2n) is 7.80. The Bertz CT molecular complexity index is 972. The number of ether oxygens (including phenoxy) is 1. The van der Waals surface area contributed by atoms with Crippen molar-refractivity contribution in [3.05, 3.63) is 79.1 Å². The van der Waals surface area contributed by atoms with E-state index in [9.17, 15) is 9.59 Å². The lowest BCUT2D eigenvalue weighted by Gasteiger charge is -2.23. The molecule has 0 aliphatic carbocycles. The van der Waals surface area contributed by atoms with Gasteiger partial charge in [0, 0.05) is 24.7 Å². The maximum Gasteiger partial charge on any atom is 0.224 e. The molecule has 2 aromatic carbocycles. The molecule has 0 bridgehead atoms. The zero-order valence-corrected chi connectivity index (χ0v) is 17.1. The number of nitrogens with zero attached hydrogens (tertiary/aromatic N) is 1. The number of amides is 2. The summed E-state index contributed by atoms with van der Waals surface area (Å²) in [5, 5.41) is 5.68. The van der Waals surface area contributed by atoms with Gasteiger partial charge in [-0.25, -0.2) is 0 Å². The minimum Gasteiger partial charge on any atom is -0.457 e. The van der Waals surface area contributed by atoms with Gasteiger partial charge in [-0.05, 0) is 53.9 Å². The Hall–Kier alpha value is -3.67. The summed E-state index contributed by atoms with van der Waals surface area (Å²) in [6.07, 6.45) is 3.67. The zero-order chi connectivity index (χ0) is 21.4. The highest BCUT2D eigenvalue weighted by Gasteiger charge is 2.25. The van der Waals surface area contributed by atoms with Crippen molar-refractivity contribution in [1.29, 1.82) is 0 Å². The van der Waals surface area contributed by atoms with Crippen LogP contribution in [0.1, 0.15) is 26.7 Å². The van der Waals surface area contributed by atoms with Crippen molar-refractivity contribution < 1.29 is 14.3 Å². The minimum absolute atomic E-state index is 0.147. The van der Waals surface area contributed by atoms with Crippen LogP contribution in [0.4, 0.5) is 11.4 Å². The molecule has 0 radical (unpaired) electrons. The van der Waals surface area contributed by atoms with Crippen LogP contribution in [0.3, 0.4) is 0 Å². The molecule has 0 saturated heterocycles. The molecule has 0 saturated carbocycles. The third-order valence-corrected chi connectivity index (χ3v) is 4.34. The van der Waals surface area contributed by atoms with Crippen molar-refractivity contribution >= 4 is 23.2 Å². The standard InChI is InChI=1S/C24H25N3O3/c1-24(2,16-23(29)27-19-7-6-14-25-17-19)15-22(28)26-18-10-12-21(13-11-18)30-20-8-4-3-5-9-20/h3-14,17H,15-16H2,1-2H3,(H,26,28)(H,27,29). The Labute approximate surface area is 176 Å². The molecule has 30 heavy (non-hydrogen) atoms. The Kier molecular flexibility index (Phi) is 6.80. The van der Waals surface area contributed by atoms with E-state index >= 15 is 0 Å². The number of hydrogen-bond donors (Lipinski definition) is 2. The first-order valence-corrected chi connectivity index (χ1v) is 9.72. The van der Waals surface area contributed by atoms with Crippen molar-refractivity contribution in [3.63, 3.8) is 0 Å². The highest BCUT2D eigenvalue weighted by atomic mass is 16.5. The van der Waals surface area contributed by atoms with Crippen molar-refractivity contribution in [3.8, 4) is 11.5 Å². The van der Waals surface area contributed by atoms with E-state index in [-0.39, 0.29) is 24.7 Å². The van der Waals surface area contributed by atoms with Crippen molar-refractivity contribution in [2.24, 2.45) is 5.41 Å². The Morgan fingerprint density at radius 2 is 1.40 bits per heavy atom. The monoisotopic (exact) mass is 403 g/mol. The van der Waals surface area contributed by atoms with E-state index < -0.39 is 5.41 Å². The number of aromatic nitrogens is 1. The van der Waals surface area contributed by atoms with Crippen LogP contribution in [0.25, 0.3) is 0 Å². The van der Waals surface area contributed by atoms with Crippen LogP contribution in [-0.4, -0.2) is 16.8 Å². The molecule has 0 fully saturated rings. The van der Waals surface area contributed by atoms with Crippen molar-refractivity contribution in [2.45, 2.75) is 26.7 Å². The van der Waals surface area contributed by atoms with Crippen molar-refractivity contribution in [2.75, 3.05) is 10.6 Å². The average molecular weight is 403 g/mol. The van der Waals surface area contributed by atoms with Crippen LogP contribution in [0.15, 0.2) is 79.1 Å². The summed E-state index contributed by atoms with van der Waals surface area (Å²) in [6, 6.07) is 20.2. The van der Waals surface area contributed by atoms with Gasteiger partial charge in [0.15, 0.2) is 0 Å². The first-order chi connectivity index (χ1) is 14.4. The summed E-state index contributed by atoms with van der Waals surface area (Å²) >= 11 is 0. The normalized spacial score (nSPS) is 10.9. The number of nitrogens with one attached hydrogen (secondary N) is 2. The predicted octanol–water partition coefficient (Wildman–Crippen LogP) is 5.26. The number of para-hydroxylation sites is 1. The van der Waals surface area contributed by atoms with E-state index in [1.165, 1.54) is 0 Å². The molecule has 3 rings (SSSR count). The Balaban J connectivity index is 1.49. The second-order valence-corrected chi connectivity index (χ2v) is 7.80. The quantitative estimate of drug-likeness (QED) is 0.538. The predicted molar refractivity (Wildman–Crippen MR) is 117 cm³/mol. The molecule has 0 aliphatic heterocycles. The average Bonchev–Trinajstić information content (AvgIpc) is 2.70. The van der Waals surface area contributed by atoms with Gasteiger partial charge in [0.25, 0.3) is 0 Å². The summed E-state index contributed by atoms with van der Waals surface area (Å²) in [6.45, 7) is 3.79. The molecule has 6 nitrogen and oxygen atoms in total. The van der Waals surface area contributed by atoms with Gasteiger partial charge in [-0.3, -0.25) is 14.6 Å². The fourth-order valence-corrected chi connectivity index (χ4v) is 3.01. The summed E-state index contributed by atoms with van der Waals surface area (Å²) in [5.74, 6) is 1.14. The molecule has 3 aromatic rings. The lowest BCUT2D eigenvalue weighted by Crippen LogP contribution is -2.27. The summed E-state index contributed by atoms with van der Waals surface area (Å²) < 4.78 is 5.75. The third kappa shape index (κ3) is 6.74. The van der Waals surface area contributed by atoms with Gasteiger partial charge in [0.2, 0.25) is 11.8 Å². The fourth-order valence-electron chi connectivity index (χ4n) is 3.01. The van der Waals surface area contributed by atoms with Crippen LogP contribution >= 0.6 is 0 Å². The van der Waals surface area contributed by atoms with Gasteiger partial charge in [-0.1, -0.05) is 32.0 Å². The molecule has 1 aromatic heterocycles. The summed E-state index contributed by atoms with van der Waals surface area (Å²) in [7, 11) is 0. The minimum atomic E-state index is -0.493. The number of carbonyl (C=O) groups excluding carboxylic acids is 2.